The fourth-order valence-electron chi connectivity index (χ4n) is 4.19. The number of nitrogens with zero attached hydrogens (tertiary/aromatic N) is 2. The van der Waals surface area contributed by atoms with Gasteiger partial charge in [0.1, 0.15) is 11.9 Å². The molecule has 6 nitrogen and oxygen atoms in total. The second-order valence-corrected chi connectivity index (χ2v) is 9.40. The molecule has 4 rings (SSSR count). The third-order valence-corrected chi connectivity index (χ3v) is 6.99. The van der Waals surface area contributed by atoms with Crippen molar-refractivity contribution in [3.05, 3.63) is 52.0 Å². The number of hydrogen-bond acceptors (Lipinski definition) is 4. The number of fused-ring (bicyclic) bond motifs is 1. The summed E-state index contributed by atoms with van der Waals surface area (Å²) >= 11 is 1.72. The highest BCUT2D eigenvalue weighted by Gasteiger charge is 2.30. The lowest BCUT2D eigenvalue weighted by Gasteiger charge is -2.19. The van der Waals surface area contributed by atoms with E-state index in [1.54, 1.807) is 23.5 Å². The number of imidazole rings is 1. The number of carboxylic acids is 1. The summed E-state index contributed by atoms with van der Waals surface area (Å²) in [5, 5.41) is 14.2. The first kappa shape index (κ1) is 21.6. The van der Waals surface area contributed by atoms with Crippen LogP contribution in [0.2, 0.25) is 0 Å². The number of carbonyl (C=O) groups is 2. The van der Waals surface area contributed by atoms with Crippen molar-refractivity contribution in [1.82, 2.24) is 14.9 Å². The van der Waals surface area contributed by atoms with Gasteiger partial charge in [-0.1, -0.05) is 32.8 Å². The minimum atomic E-state index is -0.974. The molecule has 1 aromatic carbocycles. The van der Waals surface area contributed by atoms with Gasteiger partial charge in [-0.3, -0.25) is 4.79 Å². The number of aliphatic carboxylic acids is 1. The van der Waals surface area contributed by atoms with Crippen molar-refractivity contribution in [3.63, 3.8) is 0 Å². The van der Waals surface area contributed by atoms with Crippen LogP contribution in [0, 0.1) is 5.92 Å². The molecule has 2 heterocycles. The van der Waals surface area contributed by atoms with Crippen LogP contribution >= 0.6 is 11.3 Å². The summed E-state index contributed by atoms with van der Waals surface area (Å²) in [6, 6.07) is 9.19. The van der Waals surface area contributed by atoms with E-state index in [2.05, 4.69) is 35.2 Å². The SMILES string of the molecule is CCC(CC)n1c(Cc2cccs2)nc2cc(C(=O)N[C@@H](CC3CC3)C(=O)O)ccc21. The Morgan fingerprint density at radius 1 is 1.26 bits per heavy atom. The van der Waals surface area contributed by atoms with Gasteiger partial charge >= 0.3 is 5.97 Å². The minimum Gasteiger partial charge on any atom is -0.480 e. The molecule has 3 aromatic rings. The van der Waals surface area contributed by atoms with E-state index in [9.17, 15) is 14.7 Å². The number of carboxylic acid groups (broad SMARTS) is 1. The van der Waals surface area contributed by atoms with Crippen molar-refractivity contribution in [2.24, 2.45) is 5.92 Å². The Labute approximate surface area is 186 Å². The van der Waals surface area contributed by atoms with E-state index in [4.69, 9.17) is 4.98 Å². The summed E-state index contributed by atoms with van der Waals surface area (Å²) in [6.07, 6.45) is 5.36. The van der Waals surface area contributed by atoms with Crippen molar-refractivity contribution >= 4 is 34.2 Å². The van der Waals surface area contributed by atoms with E-state index in [0.717, 1.165) is 49.0 Å². The van der Waals surface area contributed by atoms with Crippen LogP contribution in [0.4, 0.5) is 0 Å². The number of nitrogens with one attached hydrogen (secondary N) is 1. The molecule has 2 aromatic heterocycles. The topological polar surface area (TPSA) is 84.2 Å². The average molecular weight is 440 g/mol. The average Bonchev–Trinajstić information content (AvgIpc) is 3.29. The van der Waals surface area contributed by atoms with Crippen LogP contribution in [0.5, 0.6) is 0 Å². The van der Waals surface area contributed by atoms with Crippen molar-refractivity contribution in [3.8, 4) is 0 Å². The van der Waals surface area contributed by atoms with Gasteiger partial charge in [0.05, 0.1) is 11.0 Å². The van der Waals surface area contributed by atoms with Crippen molar-refractivity contribution in [2.45, 2.75) is 64.5 Å². The Bertz CT molecular complexity index is 1070. The fourth-order valence-corrected chi connectivity index (χ4v) is 4.90. The Kier molecular flexibility index (Phi) is 6.41. The quantitative estimate of drug-likeness (QED) is 0.464. The molecule has 0 radical (unpaired) electrons. The third kappa shape index (κ3) is 4.82. The van der Waals surface area contributed by atoms with Crippen LogP contribution in [-0.2, 0) is 11.2 Å². The molecule has 0 spiro atoms. The van der Waals surface area contributed by atoms with Gasteiger partial charge in [0, 0.05) is 22.9 Å². The predicted molar refractivity (Wildman–Crippen MR) is 123 cm³/mol. The second-order valence-electron chi connectivity index (χ2n) is 8.37. The molecule has 1 aliphatic carbocycles. The monoisotopic (exact) mass is 439 g/mol. The number of amides is 1. The van der Waals surface area contributed by atoms with E-state index in [1.807, 2.05) is 12.1 Å². The molecule has 0 bridgehead atoms. The number of hydrogen-bond donors (Lipinski definition) is 2. The van der Waals surface area contributed by atoms with Gasteiger partial charge in [-0.2, -0.15) is 0 Å². The van der Waals surface area contributed by atoms with Gasteiger partial charge < -0.3 is 15.0 Å². The Morgan fingerprint density at radius 3 is 2.65 bits per heavy atom. The van der Waals surface area contributed by atoms with E-state index in [0.29, 0.717) is 23.9 Å². The first-order valence-electron chi connectivity index (χ1n) is 11.1. The second kappa shape index (κ2) is 9.22. The normalized spacial score (nSPS) is 14.8. The molecular weight excluding hydrogens is 410 g/mol. The summed E-state index contributed by atoms with van der Waals surface area (Å²) in [4.78, 5) is 30.5. The Balaban J connectivity index is 1.64. The molecule has 1 aliphatic rings. The van der Waals surface area contributed by atoms with Gasteiger partial charge in [0.15, 0.2) is 0 Å². The van der Waals surface area contributed by atoms with E-state index < -0.39 is 12.0 Å². The predicted octanol–water partition coefficient (Wildman–Crippen LogP) is 5.03. The van der Waals surface area contributed by atoms with Crippen LogP contribution in [-0.4, -0.2) is 32.6 Å². The molecule has 0 aliphatic heterocycles. The van der Waals surface area contributed by atoms with Crippen molar-refractivity contribution < 1.29 is 14.7 Å². The highest BCUT2D eigenvalue weighted by atomic mass is 32.1. The maximum absolute atomic E-state index is 12.8. The van der Waals surface area contributed by atoms with Gasteiger partial charge in [-0.15, -0.1) is 11.3 Å². The number of thiophene rings is 1. The maximum Gasteiger partial charge on any atom is 0.326 e. The van der Waals surface area contributed by atoms with Crippen LogP contribution in [0.25, 0.3) is 11.0 Å². The largest absolute Gasteiger partial charge is 0.480 e. The molecule has 0 saturated heterocycles. The zero-order chi connectivity index (χ0) is 22.0. The minimum absolute atomic E-state index is 0.342. The van der Waals surface area contributed by atoms with Gasteiger partial charge in [-0.05, 0) is 54.8 Å². The highest BCUT2D eigenvalue weighted by Crippen LogP contribution is 2.33. The molecule has 0 unspecified atom stereocenters. The summed E-state index contributed by atoms with van der Waals surface area (Å²) in [6.45, 7) is 4.37. The van der Waals surface area contributed by atoms with Crippen LogP contribution in [0.15, 0.2) is 35.7 Å². The lowest BCUT2D eigenvalue weighted by molar-refractivity contribution is -0.139. The van der Waals surface area contributed by atoms with Crippen molar-refractivity contribution in [1.29, 1.82) is 0 Å². The first-order valence-corrected chi connectivity index (χ1v) is 11.9. The zero-order valence-corrected chi connectivity index (χ0v) is 18.8. The molecule has 2 N–H and O–H groups in total. The molecule has 7 heteroatoms. The molecule has 1 fully saturated rings. The van der Waals surface area contributed by atoms with Gasteiger partial charge in [-0.25, -0.2) is 9.78 Å². The maximum atomic E-state index is 12.8. The first-order chi connectivity index (χ1) is 15.0. The Morgan fingerprint density at radius 2 is 2.03 bits per heavy atom. The standard InChI is InChI=1S/C24H29N3O3S/c1-3-17(4-2)27-21-10-9-16(23(28)26-20(24(29)30)12-15-7-8-15)13-19(21)25-22(27)14-18-6-5-11-31-18/h5-6,9-11,13,15,17,20H,3-4,7-8,12,14H2,1-2H3,(H,26,28)(H,29,30)/t20-/m0/s1. The lowest BCUT2D eigenvalue weighted by atomic mass is 10.1. The zero-order valence-electron chi connectivity index (χ0n) is 18.0. The van der Waals surface area contributed by atoms with Gasteiger partial charge in [0.25, 0.3) is 5.91 Å². The lowest BCUT2D eigenvalue weighted by Crippen LogP contribution is -2.41. The number of carbonyl (C=O) groups excluding carboxylic acids is 1. The third-order valence-electron chi connectivity index (χ3n) is 6.11. The summed E-state index contributed by atoms with van der Waals surface area (Å²) in [7, 11) is 0. The molecule has 1 amide bonds. The van der Waals surface area contributed by atoms with E-state index >= 15 is 0 Å². The number of rotatable bonds is 10. The van der Waals surface area contributed by atoms with E-state index in [-0.39, 0.29) is 5.91 Å². The van der Waals surface area contributed by atoms with E-state index in [1.165, 1.54) is 4.88 Å². The van der Waals surface area contributed by atoms with Crippen LogP contribution < -0.4 is 5.32 Å². The number of aromatic nitrogens is 2. The van der Waals surface area contributed by atoms with Crippen LogP contribution in [0.1, 0.15) is 73.1 Å². The highest BCUT2D eigenvalue weighted by molar-refractivity contribution is 7.09. The Hall–Kier alpha value is -2.67. The van der Waals surface area contributed by atoms with Crippen LogP contribution in [0.3, 0.4) is 0 Å². The van der Waals surface area contributed by atoms with Gasteiger partial charge in [0.2, 0.25) is 0 Å². The summed E-state index contributed by atoms with van der Waals surface area (Å²) < 4.78 is 2.31. The fraction of sp³-hybridized carbons (Fsp3) is 0.458. The molecule has 1 atom stereocenters. The number of benzene rings is 1. The van der Waals surface area contributed by atoms with Crippen molar-refractivity contribution in [2.75, 3.05) is 0 Å². The molecular formula is C24H29N3O3S. The molecule has 164 valence electrons. The summed E-state index contributed by atoms with van der Waals surface area (Å²) in [5.74, 6) is 0.0877. The molecule has 1 saturated carbocycles. The smallest absolute Gasteiger partial charge is 0.326 e. The molecule has 31 heavy (non-hydrogen) atoms. The summed E-state index contributed by atoms with van der Waals surface area (Å²) in [5.41, 5.74) is 2.25.